The average molecular weight is 384 g/mol. The van der Waals surface area contributed by atoms with Crippen molar-refractivity contribution in [3.8, 4) is 5.69 Å². The highest BCUT2D eigenvalue weighted by Crippen LogP contribution is 2.26. The van der Waals surface area contributed by atoms with Crippen LogP contribution in [-0.2, 0) is 0 Å². The molecule has 1 saturated heterocycles. The largest absolute Gasteiger partial charge is 0.306 e. The van der Waals surface area contributed by atoms with Crippen LogP contribution in [-0.4, -0.2) is 46.8 Å². The summed E-state index contributed by atoms with van der Waals surface area (Å²) in [5, 5.41) is 6.50. The second kappa shape index (κ2) is 7.62. The topological polar surface area (TPSA) is 41.4 Å². The summed E-state index contributed by atoms with van der Waals surface area (Å²) in [6.45, 7) is 1.90. The molecule has 140 valence electrons. The maximum atomic E-state index is 13.6. The molecule has 0 saturated carbocycles. The molecule has 27 heavy (non-hydrogen) atoms. The van der Waals surface area contributed by atoms with Crippen molar-refractivity contribution in [1.29, 1.82) is 0 Å². The van der Waals surface area contributed by atoms with Crippen molar-refractivity contribution < 1.29 is 9.18 Å². The van der Waals surface area contributed by atoms with Crippen molar-refractivity contribution in [1.82, 2.24) is 14.7 Å². The smallest absolute Gasteiger partial charge is 0.269 e. The lowest BCUT2D eigenvalue weighted by Gasteiger charge is -2.36. The molecule has 4 rings (SSSR count). The molecular weight excluding hydrogens is 363 g/mol. The lowest BCUT2D eigenvalue weighted by Crippen LogP contribution is -2.47. The first-order chi connectivity index (χ1) is 13.1. The van der Waals surface area contributed by atoms with Gasteiger partial charge in [-0.3, -0.25) is 9.69 Å². The van der Waals surface area contributed by atoms with E-state index in [9.17, 15) is 9.18 Å². The van der Waals surface area contributed by atoms with Gasteiger partial charge >= 0.3 is 0 Å². The van der Waals surface area contributed by atoms with Crippen molar-refractivity contribution in [2.75, 3.05) is 25.0 Å². The highest BCUT2D eigenvalue weighted by atomic mass is 32.1. The van der Waals surface area contributed by atoms with Gasteiger partial charge in [0.1, 0.15) is 5.82 Å². The first-order valence-corrected chi connectivity index (χ1v) is 9.87. The predicted octanol–water partition coefficient (Wildman–Crippen LogP) is 3.81. The molecule has 7 heteroatoms. The van der Waals surface area contributed by atoms with Crippen molar-refractivity contribution in [3.63, 3.8) is 0 Å². The monoisotopic (exact) mass is 384 g/mol. The summed E-state index contributed by atoms with van der Waals surface area (Å²) in [5.41, 5.74) is 0.633. The van der Waals surface area contributed by atoms with Crippen LogP contribution in [0.1, 0.15) is 22.5 Å². The molecule has 1 aromatic carbocycles. The highest BCUT2D eigenvalue weighted by Gasteiger charge is 2.31. The van der Waals surface area contributed by atoms with Crippen LogP contribution in [0.3, 0.4) is 0 Å². The third-order valence-corrected chi connectivity index (χ3v) is 5.76. The number of carbonyl (C=O) groups excluding carboxylic acids is 1. The number of amides is 1. The molecule has 1 aliphatic heterocycles. The van der Waals surface area contributed by atoms with Gasteiger partial charge in [0.25, 0.3) is 5.91 Å². The lowest BCUT2D eigenvalue weighted by molar-refractivity contribution is 0.0966. The molecule has 5 nitrogen and oxygen atoms in total. The van der Waals surface area contributed by atoms with Crippen LogP contribution in [0.5, 0.6) is 0 Å². The molecule has 0 unspecified atom stereocenters. The van der Waals surface area contributed by atoms with Crippen LogP contribution >= 0.6 is 11.3 Å². The van der Waals surface area contributed by atoms with E-state index in [1.807, 2.05) is 28.5 Å². The summed E-state index contributed by atoms with van der Waals surface area (Å²) in [4.78, 5) is 18.0. The zero-order valence-corrected chi connectivity index (χ0v) is 15.9. The van der Waals surface area contributed by atoms with E-state index in [1.54, 1.807) is 23.0 Å². The second-order valence-electron chi connectivity index (χ2n) is 6.79. The summed E-state index contributed by atoms with van der Waals surface area (Å²) < 4.78 is 15.2. The fourth-order valence-electron chi connectivity index (χ4n) is 3.43. The van der Waals surface area contributed by atoms with Gasteiger partial charge in [-0.1, -0.05) is 12.1 Å². The number of hydrogen-bond donors (Lipinski definition) is 0. The SMILES string of the molecule is CN1CCC(N(C(=O)c2cccs2)c2ccn(-c3cccc(F)c3)n2)CC1. The maximum Gasteiger partial charge on any atom is 0.269 e. The molecule has 3 aromatic rings. The number of benzene rings is 1. The van der Waals surface area contributed by atoms with Gasteiger partial charge in [-0.15, -0.1) is 16.4 Å². The Labute approximate surface area is 161 Å². The van der Waals surface area contributed by atoms with Crippen LogP contribution in [0.15, 0.2) is 54.0 Å². The third kappa shape index (κ3) is 3.79. The van der Waals surface area contributed by atoms with Crippen LogP contribution < -0.4 is 4.90 Å². The Morgan fingerprint density at radius 1 is 1.22 bits per heavy atom. The summed E-state index contributed by atoms with van der Waals surface area (Å²) in [5.74, 6) is 0.266. The second-order valence-corrected chi connectivity index (χ2v) is 7.73. The van der Waals surface area contributed by atoms with E-state index >= 15 is 0 Å². The number of likely N-dealkylation sites (tertiary alicyclic amines) is 1. The van der Waals surface area contributed by atoms with Gasteiger partial charge in [0.2, 0.25) is 0 Å². The Kier molecular flexibility index (Phi) is 5.05. The van der Waals surface area contributed by atoms with Gasteiger partial charge in [0, 0.05) is 18.3 Å². The van der Waals surface area contributed by atoms with Gasteiger partial charge in [-0.2, -0.15) is 0 Å². The van der Waals surface area contributed by atoms with Crippen molar-refractivity contribution >= 4 is 23.1 Å². The van der Waals surface area contributed by atoms with Crippen LogP contribution in [0.25, 0.3) is 5.69 Å². The van der Waals surface area contributed by atoms with Crippen molar-refractivity contribution in [2.24, 2.45) is 0 Å². The summed E-state index contributed by atoms with van der Waals surface area (Å²) in [7, 11) is 2.10. The minimum Gasteiger partial charge on any atom is -0.306 e. The third-order valence-electron chi connectivity index (χ3n) is 4.90. The van der Waals surface area contributed by atoms with E-state index in [0.717, 1.165) is 25.9 Å². The fraction of sp³-hybridized carbons (Fsp3) is 0.300. The number of thiophene rings is 1. The number of anilines is 1. The minimum atomic E-state index is -0.314. The highest BCUT2D eigenvalue weighted by molar-refractivity contribution is 7.12. The molecule has 0 N–H and O–H groups in total. The first-order valence-electron chi connectivity index (χ1n) is 8.99. The number of halogens is 1. The molecule has 0 spiro atoms. The van der Waals surface area contributed by atoms with Crippen LogP contribution in [0.4, 0.5) is 10.2 Å². The number of nitrogens with zero attached hydrogens (tertiary/aromatic N) is 4. The molecule has 1 aliphatic rings. The summed E-state index contributed by atoms with van der Waals surface area (Å²) in [6, 6.07) is 11.9. The van der Waals surface area contributed by atoms with E-state index in [4.69, 9.17) is 0 Å². The Morgan fingerprint density at radius 2 is 2.04 bits per heavy atom. The van der Waals surface area contributed by atoms with Gasteiger partial charge in [-0.25, -0.2) is 9.07 Å². The molecule has 1 amide bonds. The van der Waals surface area contributed by atoms with E-state index in [-0.39, 0.29) is 17.8 Å². The van der Waals surface area contributed by atoms with Crippen LogP contribution in [0.2, 0.25) is 0 Å². The summed E-state index contributed by atoms with van der Waals surface area (Å²) in [6.07, 6.45) is 3.58. The maximum absolute atomic E-state index is 13.6. The molecule has 0 bridgehead atoms. The predicted molar refractivity (Wildman–Crippen MR) is 105 cm³/mol. The Bertz CT molecular complexity index is 916. The first kappa shape index (κ1) is 17.9. The zero-order valence-electron chi connectivity index (χ0n) is 15.1. The van der Waals surface area contributed by atoms with Crippen LogP contribution in [0, 0.1) is 5.82 Å². The molecule has 2 aromatic heterocycles. The van der Waals surface area contributed by atoms with E-state index in [0.29, 0.717) is 16.4 Å². The van der Waals surface area contributed by atoms with Gasteiger partial charge < -0.3 is 4.90 Å². The van der Waals surface area contributed by atoms with Gasteiger partial charge in [-0.05, 0) is 62.6 Å². The number of hydrogen-bond acceptors (Lipinski definition) is 4. The summed E-state index contributed by atoms with van der Waals surface area (Å²) >= 11 is 1.44. The normalized spacial score (nSPS) is 15.8. The molecule has 0 aliphatic carbocycles. The molecular formula is C20H21FN4OS. The Hall–Kier alpha value is -2.51. The van der Waals surface area contributed by atoms with Crippen molar-refractivity contribution in [2.45, 2.75) is 18.9 Å². The zero-order chi connectivity index (χ0) is 18.8. The number of piperidine rings is 1. The van der Waals surface area contributed by atoms with E-state index < -0.39 is 0 Å². The lowest BCUT2D eigenvalue weighted by atomic mass is 10.0. The molecule has 3 heterocycles. The molecule has 0 radical (unpaired) electrons. The average Bonchev–Trinajstić information content (AvgIpc) is 3.36. The molecule has 1 fully saturated rings. The minimum absolute atomic E-state index is 0.0240. The van der Waals surface area contributed by atoms with Crippen molar-refractivity contribution in [3.05, 3.63) is 64.7 Å². The Morgan fingerprint density at radius 3 is 2.74 bits per heavy atom. The number of aromatic nitrogens is 2. The van der Waals surface area contributed by atoms with Gasteiger partial charge in [0.15, 0.2) is 5.82 Å². The Balaban J connectivity index is 1.67. The van der Waals surface area contributed by atoms with Gasteiger partial charge in [0.05, 0.1) is 10.6 Å². The van der Waals surface area contributed by atoms with E-state index in [2.05, 4.69) is 17.0 Å². The number of rotatable bonds is 4. The standard InChI is InChI=1S/C20H21FN4OS/c1-23-10-7-16(8-11-23)25(20(26)18-6-3-13-27-18)19-9-12-24(22-19)17-5-2-4-15(21)14-17/h2-6,9,12-14,16H,7-8,10-11H2,1H3. The fourth-order valence-corrected chi connectivity index (χ4v) is 4.09. The molecule has 0 atom stereocenters. The number of carbonyl (C=O) groups is 1. The quantitative estimate of drug-likeness (QED) is 0.687. The van der Waals surface area contributed by atoms with E-state index in [1.165, 1.54) is 23.5 Å².